The molecular formula is C22H20N2O5. The molecular weight excluding hydrogens is 372 g/mol. The number of aromatic nitrogens is 2. The van der Waals surface area contributed by atoms with Crippen LogP contribution in [0.4, 0.5) is 0 Å². The van der Waals surface area contributed by atoms with Crippen molar-refractivity contribution in [2.75, 3.05) is 6.61 Å². The average Bonchev–Trinajstić information content (AvgIpc) is 3.17. The fourth-order valence-electron chi connectivity index (χ4n) is 3.15. The molecule has 0 fully saturated rings. The topological polar surface area (TPSA) is 87.6 Å². The predicted molar refractivity (Wildman–Crippen MR) is 107 cm³/mol. The van der Waals surface area contributed by atoms with Gasteiger partial charge in [-0.3, -0.25) is 0 Å². The van der Waals surface area contributed by atoms with E-state index in [1.165, 1.54) is 6.07 Å². The van der Waals surface area contributed by atoms with E-state index in [0.717, 1.165) is 22.1 Å². The second-order valence-electron chi connectivity index (χ2n) is 6.54. The second kappa shape index (κ2) is 7.79. The number of ether oxygens (including phenoxy) is 2. The Labute approximate surface area is 166 Å². The summed E-state index contributed by atoms with van der Waals surface area (Å²) in [5.74, 6) is 2.04. The van der Waals surface area contributed by atoms with Crippen LogP contribution in [0.3, 0.4) is 0 Å². The zero-order valence-electron chi connectivity index (χ0n) is 16.4. The first kappa shape index (κ1) is 18.7. The number of benzene rings is 2. The van der Waals surface area contributed by atoms with E-state index in [2.05, 4.69) is 10.1 Å². The molecule has 4 aromatic rings. The number of fused-ring (bicyclic) bond motifs is 1. The summed E-state index contributed by atoms with van der Waals surface area (Å²) >= 11 is 0. The van der Waals surface area contributed by atoms with Gasteiger partial charge in [0.15, 0.2) is 6.61 Å². The fraction of sp³-hybridized carbons (Fsp3) is 0.227. The number of hydrogen-bond acceptors (Lipinski definition) is 7. The third-order valence-corrected chi connectivity index (χ3v) is 4.57. The van der Waals surface area contributed by atoms with Crippen molar-refractivity contribution in [3.8, 4) is 22.9 Å². The van der Waals surface area contributed by atoms with Gasteiger partial charge in [0, 0.05) is 17.0 Å². The van der Waals surface area contributed by atoms with Gasteiger partial charge in [-0.15, -0.1) is 0 Å². The molecule has 7 heteroatoms. The Balaban J connectivity index is 1.57. The quantitative estimate of drug-likeness (QED) is 0.448. The van der Waals surface area contributed by atoms with E-state index >= 15 is 0 Å². The first-order valence-electron chi connectivity index (χ1n) is 9.28. The third-order valence-electron chi connectivity index (χ3n) is 4.57. The maximum absolute atomic E-state index is 11.7. The lowest BCUT2D eigenvalue weighted by molar-refractivity contribution is 0.241. The number of nitrogens with zero attached hydrogens (tertiary/aromatic N) is 2. The Morgan fingerprint density at radius 3 is 2.69 bits per heavy atom. The van der Waals surface area contributed by atoms with Gasteiger partial charge in [0.2, 0.25) is 5.82 Å². The SMILES string of the molecule is CCOc1ccccc1-c1noc(COc2ccc3c(C)cc(=O)oc3c2C)n1. The normalized spacial score (nSPS) is 11.0. The van der Waals surface area contributed by atoms with Crippen LogP contribution in [-0.4, -0.2) is 16.7 Å². The summed E-state index contributed by atoms with van der Waals surface area (Å²) in [4.78, 5) is 16.1. The highest BCUT2D eigenvalue weighted by Gasteiger charge is 2.15. The van der Waals surface area contributed by atoms with Crippen LogP contribution in [0, 0.1) is 13.8 Å². The molecule has 0 N–H and O–H groups in total. The van der Waals surface area contributed by atoms with Crippen LogP contribution in [0.15, 0.2) is 56.2 Å². The summed E-state index contributed by atoms with van der Waals surface area (Å²) in [7, 11) is 0. The molecule has 0 saturated carbocycles. The van der Waals surface area contributed by atoms with Gasteiger partial charge in [0.25, 0.3) is 5.89 Å². The number of aryl methyl sites for hydroxylation is 2. The molecule has 0 saturated heterocycles. The number of rotatable bonds is 6. The van der Waals surface area contributed by atoms with E-state index in [1.54, 1.807) is 0 Å². The minimum absolute atomic E-state index is 0.0895. The molecule has 0 amide bonds. The molecule has 2 aromatic carbocycles. The van der Waals surface area contributed by atoms with Gasteiger partial charge in [-0.25, -0.2) is 4.79 Å². The summed E-state index contributed by atoms with van der Waals surface area (Å²) in [6.07, 6.45) is 0. The predicted octanol–water partition coefficient (Wildman–Crippen LogP) is 4.44. The van der Waals surface area contributed by atoms with Crippen LogP contribution in [0.5, 0.6) is 11.5 Å². The molecule has 4 rings (SSSR count). The third kappa shape index (κ3) is 3.71. The highest BCUT2D eigenvalue weighted by atomic mass is 16.5. The minimum Gasteiger partial charge on any atom is -0.493 e. The van der Waals surface area contributed by atoms with Crippen LogP contribution in [0.2, 0.25) is 0 Å². The Kier molecular flexibility index (Phi) is 5.03. The first-order valence-corrected chi connectivity index (χ1v) is 9.28. The lowest BCUT2D eigenvalue weighted by Gasteiger charge is -2.09. The molecule has 2 aromatic heterocycles. The first-order chi connectivity index (χ1) is 14.1. The molecule has 0 atom stereocenters. The Morgan fingerprint density at radius 2 is 1.86 bits per heavy atom. The van der Waals surface area contributed by atoms with Crippen LogP contribution in [0.25, 0.3) is 22.4 Å². The van der Waals surface area contributed by atoms with Gasteiger partial charge in [-0.2, -0.15) is 4.98 Å². The average molecular weight is 392 g/mol. The molecule has 0 aliphatic heterocycles. The van der Waals surface area contributed by atoms with Gasteiger partial charge < -0.3 is 18.4 Å². The maximum atomic E-state index is 11.7. The molecule has 29 heavy (non-hydrogen) atoms. The molecule has 0 unspecified atom stereocenters. The van der Waals surface area contributed by atoms with Crippen molar-refractivity contribution in [2.45, 2.75) is 27.4 Å². The van der Waals surface area contributed by atoms with Crippen molar-refractivity contribution < 1.29 is 18.4 Å². The van der Waals surface area contributed by atoms with E-state index < -0.39 is 0 Å². The van der Waals surface area contributed by atoms with E-state index in [-0.39, 0.29) is 12.2 Å². The van der Waals surface area contributed by atoms with Gasteiger partial charge in [-0.1, -0.05) is 17.3 Å². The van der Waals surface area contributed by atoms with Gasteiger partial charge in [0.1, 0.15) is 17.1 Å². The smallest absolute Gasteiger partial charge is 0.336 e. The lowest BCUT2D eigenvalue weighted by Crippen LogP contribution is -2.01. The molecule has 0 aliphatic carbocycles. The van der Waals surface area contributed by atoms with E-state index in [0.29, 0.717) is 35.4 Å². The standard InChI is InChI=1S/C22H20N2O5/c1-4-26-18-8-6-5-7-16(18)22-23-19(29-24-22)12-27-17-10-9-15-13(2)11-20(25)28-21(15)14(17)3/h5-11H,4,12H2,1-3H3. The maximum Gasteiger partial charge on any atom is 0.336 e. The largest absolute Gasteiger partial charge is 0.493 e. The Morgan fingerprint density at radius 1 is 1.03 bits per heavy atom. The molecule has 0 radical (unpaired) electrons. The fourth-order valence-corrected chi connectivity index (χ4v) is 3.15. The van der Waals surface area contributed by atoms with E-state index in [4.69, 9.17) is 18.4 Å². The molecule has 0 bridgehead atoms. The van der Waals surface area contributed by atoms with Gasteiger partial charge in [0.05, 0.1) is 12.2 Å². The molecule has 148 valence electrons. The van der Waals surface area contributed by atoms with Crippen LogP contribution in [-0.2, 0) is 6.61 Å². The number of para-hydroxylation sites is 1. The van der Waals surface area contributed by atoms with Crippen molar-refractivity contribution in [2.24, 2.45) is 0 Å². The van der Waals surface area contributed by atoms with Crippen LogP contribution >= 0.6 is 0 Å². The summed E-state index contributed by atoms with van der Waals surface area (Å²) in [5.41, 5.74) is 2.49. The van der Waals surface area contributed by atoms with Crippen molar-refractivity contribution in [1.82, 2.24) is 10.1 Å². The molecule has 0 aliphatic rings. The molecule has 2 heterocycles. The van der Waals surface area contributed by atoms with Gasteiger partial charge in [-0.05, 0) is 50.6 Å². The summed E-state index contributed by atoms with van der Waals surface area (Å²) < 4.78 is 22.2. The zero-order valence-corrected chi connectivity index (χ0v) is 16.4. The Hall–Kier alpha value is -3.61. The van der Waals surface area contributed by atoms with Crippen molar-refractivity contribution in [3.05, 3.63) is 69.9 Å². The van der Waals surface area contributed by atoms with Crippen molar-refractivity contribution >= 4 is 11.0 Å². The zero-order chi connectivity index (χ0) is 20.4. The monoisotopic (exact) mass is 392 g/mol. The summed E-state index contributed by atoms with van der Waals surface area (Å²) in [5, 5.41) is 4.91. The van der Waals surface area contributed by atoms with Crippen LogP contribution < -0.4 is 15.1 Å². The Bertz CT molecular complexity index is 1230. The summed E-state index contributed by atoms with van der Waals surface area (Å²) in [6.45, 7) is 6.27. The van der Waals surface area contributed by atoms with Crippen LogP contribution in [0.1, 0.15) is 23.9 Å². The lowest BCUT2D eigenvalue weighted by atomic mass is 10.1. The highest BCUT2D eigenvalue weighted by molar-refractivity contribution is 5.84. The number of hydrogen-bond donors (Lipinski definition) is 0. The summed E-state index contributed by atoms with van der Waals surface area (Å²) in [6, 6.07) is 12.7. The highest BCUT2D eigenvalue weighted by Crippen LogP contribution is 2.30. The van der Waals surface area contributed by atoms with E-state index in [1.807, 2.05) is 57.2 Å². The minimum atomic E-state index is -0.384. The second-order valence-corrected chi connectivity index (χ2v) is 6.54. The van der Waals surface area contributed by atoms with Crippen molar-refractivity contribution in [1.29, 1.82) is 0 Å². The molecule has 0 spiro atoms. The van der Waals surface area contributed by atoms with Gasteiger partial charge >= 0.3 is 5.63 Å². The molecule has 7 nitrogen and oxygen atoms in total. The van der Waals surface area contributed by atoms with Crippen molar-refractivity contribution in [3.63, 3.8) is 0 Å². The van der Waals surface area contributed by atoms with E-state index in [9.17, 15) is 4.79 Å².